The molecule has 4 heteroatoms. The largest absolute Gasteiger partial charge is 0.368 e. The van der Waals surface area contributed by atoms with E-state index < -0.39 is 0 Å². The van der Waals surface area contributed by atoms with Crippen LogP contribution >= 0.6 is 12.6 Å². The second-order valence-electron chi connectivity index (χ2n) is 2.19. The Kier molecular flexibility index (Phi) is 1.97. The zero-order valence-corrected chi connectivity index (χ0v) is 5.90. The molecule has 0 spiro atoms. The maximum Gasteiger partial charge on any atom is 0.235 e. The van der Waals surface area contributed by atoms with Crippen molar-refractivity contribution < 1.29 is 4.79 Å². The van der Waals surface area contributed by atoms with Crippen molar-refractivity contribution in [3.63, 3.8) is 0 Å². The molecule has 9 heavy (non-hydrogen) atoms. The molecule has 0 radical (unpaired) electrons. The van der Waals surface area contributed by atoms with Gasteiger partial charge in [-0.1, -0.05) is 0 Å². The van der Waals surface area contributed by atoms with Crippen LogP contribution in [0.3, 0.4) is 0 Å². The van der Waals surface area contributed by atoms with Crippen LogP contribution in [0, 0.1) is 0 Å². The lowest BCUT2D eigenvalue weighted by atomic mass is 10.2. The Morgan fingerprint density at radius 3 is 2.67 bits per heavy atom. The number of thiol groups is 1. The number of primary amides is 1. The number of nitrogens with two attached hydrogens (primary N) is 1. The molecule has 52 valence electrons. The van der Waals surface area contributed by atoms with Crippen molar-refractivity contribution in [1.82, 2.24) is 5.32 Å². The van der Waals surface area contributed by atoms with Crippen LogP contribution in [0.5, 0.6) is 0 Å². The Labute approximate surface area is 59.4 Å². The fourth-order valence-electron chi connectivity index (χ4n) is 0.980. The van der Waals surface area contributed by atoms with E-state index in [1.54, 1.807) is 0 Å². The lowest BCUT2D eigenvalue weighted by molar-refractivity contribution is -0.119. The molecule has 1 aliphatic rings. The number of carbonyl (C=O) groups is 1. The minimum Gasteiger partial charge on any atom is -0.368 e. The van der Waals surface area contributed by atoms with Gasteiger partial charge in [0.25, 0.3) is 0 Å². The van der Waals surface area contributed by atoms with Gasteiger partial charge in [-0.05, 0) is 13.0 Å². The van der Waals surface area contributed by atoms with Gasteiger partial charge in [0.05, 0.1) is 6.04 Å². The molecule has 0 bridgehead atoms. The van der Waals surface area contributed by atoms with Gasteiger partial charge in [-0.2, -0.15) is 12.6 Å². The zero-order valence-electron chi connectivity index (χ0n) is 5.00. The molecule has 1 unspecified atom stereocenters. The molecule has 3 N–H and O–H groups in total. The molecule has 1 heterocycles. The first-order chi connectivity index (χ1) is 4.22. The van der Waals surface area contributed by atoms with Crippen LogP contribution in [0.1, 0.15) is 6.42 Å². The molecule has 1 fully saturated rings. The number of amides is 1. The molecule has 1 rings (SSSR count). The van der Waals surface area contributed by atoms with Crippen LogP contribution in [-0.2, 0) is 4.79 Å². The Bertz CT molecular complexity index is 128. The quantitative estimate of drug-likeness (QED) is 0.421. The van der Waals surface area contributed by atoms with Gasteiger partial charge in [0.1, 0.15) is 0 Å². The maximum absolute atomic E-state index is 10.5. The van der Waals surface area contributed by atoms with Crippen molar-refractivity contribution in [2.45, 2.75) is 17.7 Å². The number of carbonyl (C=O) groups excluding carboxylic acids is 1. The molecular weight excluding hydrogens is 136 g/mol. The predicted octanol–water partition coefficient (Wildman–Crippen LogP) is -0.868. The van der Waals surface area contributed by atoms with E-state index in [1.807, 2.05) is 0 Å². The summed E-state index contributed by atoms with van der Waals surface area (Å²) in [6.45, 7) is 0.849. The van der Waals surface area contributed by atoms with Crippen molar-refractivity contribution in [1.29, 1.82) is 0 Å². The van der Waals surface area contributed by atoms with Gasteiger partial charge in [-0.3, -0.25) is 4.79 Å². The van der Waals surface area contributed by atoms with E-state index in [0.717, 1.165) is 13.0 Å². The van der Waals surface area contributed by atoms with E-state index in [4.69, 9.17) is 5.73 Å². The van der Waals surface area contributed by atoms with Crippen LogP contribution in [0.4, 0.5) is 0 Å². The molecule has 1 aliphatic heterocycles. The van der Waals surface area contributed by atoms with Gasteiger partial charge in [0.2, 0.25) is 5.91 Å². The summed E-state index contributed by atoms with van der Waals surface area (Å²) in [6.07, 6.45) is 0.927. The Balaban J connectivity index is 2.49. The number of rotatable bonds is 1. The number of nitrogens with one attached hydrogen (secondary N) is 1. The second kappa shape index (κ2) is 2.58. The minimum absolute atomic E-state index is 0.113. The van der Waals surface area contributed by atoms with Gasteiger partial charge in [0, 0.05) is 5.25 Å². The third kappa shape index (κ3) is 1.37. The monoisotopic (exact) mass is 146 g/mol. The van der Waals surface area contributed by atoms with Crippen molar-refractivity contribution >= 4 is 18.5 Å². The molecule has 0 aliphatic carbocycles. The molecule has 1 amide bonds. The summed E-state index contributed by atoms with van der Waals surface area (Å²) < 4.78 is 0. The first kappa shape index (κ1) is 6.89. The summed E-state index contributed by atoms with van der Waals surface area (Å²) in [5.74, 6) is -0.299. The zero-order chi connectivity index (χ0) is 6.85. The molecular formula is C5H10N2OS. The highest BCUT2D eigenvalue weighted by Gasteiger charge is 2.27. The van der Waals surface area contributed by atoms with Gasteiger partial charge in [0.15, 0.2) is 0 Å². The summed E-state index contributed by atoms with van der Waals surface area (Å²) in [4.78, 5) is 10.5. The molecule has 2 atom stereocenters. The third-order valence-electron chi connectivity index (χ3n) is 1.50. The Morgan fingerprint density at radius 1 is 1.78 bits per heavy atom. The first-order valence-electron chi connectivity index (χ1n) is 2.92. The molecule has 0 aromatic carbocycles. The van der Waals surface area contributed by atoms with Crippen LogP contribution in [0.25, 0.3) is 0 Å². The third-order valence-corrected chi connectivity index (χ3v) is 2.05. The van der Waals surface area contributed by atoms with E-state index >= 15 is 0 Å². The Morgan fingerprint density at radius 2 is 2.44 bits per heavy atom. The van der Waals surface area contributed by atoms with Crippen molar-refractivity contribution in [3.05, 3.63) is 0 Å². The molecule has 0 saturated carbocycles. The average molecular weight is 146 g/mol. The van der Waals surface area contributed by atoms with E-state index in [0.29, 0.717) is 0 Å². The summed E-state index contributed by atoms with van der Waals surface area (Å²) in [6, 6.07) is -0.215. The topological polar surface area (TPSA) is 55.1 Å². The molecule has 0 aromatic heterocycles. The minimum atomic E-state index is -0.299. The van der Waals surface area contributed by atoms with Crippen LogP contribution in [0.2, 0.25) is 0 Å². The molecule has 0 aromatic rings. The standard InChI is InChI=1S/C5H10N2OS/c6-5(8)4-3(9)1-2-7-4/h3-4,7,9H,1-2H2,(H2,6,8)/t3?,4-/m0/s1. The first-order valence-corrected chi connectivity index (χ1v) is 3.44. The van der Waals surface area contributed by atoms with Crippen molar-refractivity contribution in [2.24, 2.45) is 5.73 Å². The molecule has 3 nitrogen and oxygen atoms in total. The van der Waals surface area contributed by atoms with E-state index in [9.17, 15) is 4.79 Å². The van der Waals surface area contributed by atoms with E-state index in [-0.39, 0.29) is 17.2 Å². The lowest BCUT2D eigenvalue weighted by Gasteiger charge is -2.08. The van der Waals surface area contributed by atoms with Crippen molar-refractivity contribution in [2.75, 3.05) is 6.54 Å². The van der Waals surface area contributed by atoms with Gasteiger partial charge in [-0.15, -0.1) is 0 Å². The van der Waals surface area contributed by atoms with Gasteiger partial charge < -0.3 is 11.1 Å². The Hall–Kier alpha value is -0.220. The van der Waals surface area contributed by atoms with Gasteiger partial charge in [-0.25, -0.2) is 0 Å². The normalized spacial score (nSPS) is 34.8. The highest BCUT2D eigenvalue weighted by Crippen LogP contribution is 2.12. The highest BCUT2D eigenvalue weighted by atomic mass is 32.1. The second-order valence-corrected chi connectivity index (χ2v) is 2.85. The summed E-state index contributed by atoms with van der Waals surface area (Å²) >= 11 is 4.16. The maximum atomic E-state index is 10.5. The predicted molar refractivity (Wildman–Crippen MR) is 38.4 cm³/mol. The molecule has 1 saturated heterocycles. The number of hydrogen-bond acceptors (Lipinski definition) is 3. The van der Waals surface area contributed by atoms with Gasteiger partial charge >= 0.3 is 0 Å². The van der Waals surface area contributed by atoms with Crippen LogP contribution in [0.15, 0.2) is 0 Å². The fraction of sp³-hybridized carbons (Fsp3) is 0.800. The highest BCUT2D eigenvalue weighted by molar-refractivity contribution is 7.81. The van der Waals surface area contributed by atoms with Crippen LogP contribution < -0.4 is 11.1 Å². The summed E-state index contributed by atoms with van der Waals surface area (Å²) in [7, 11) is 0. The average Bonchev–Trinajstić information content (AvgIpc) is 2.13. The lowest BCUT2D eigenvalue weighted by Crippen LogP contribution is -2.41. The van der Waals surface area contributed by atoms with Crippen LogP contribution in [-0.4, -0.2) is 23.7 Å². The summed E-state index contributed by atoms with van der Waals surface area (Å²) in [5, 5.41) is 3.07. The van der Waals surface area contributed by atoms with E-state index in [1.165, 1.54) is 0 Å². The number of hydrogen-bond donors (Lipinski definition) is 3. The summed E-state index contributed by atoms with van der Waals surface area (Å²) in [5.41, 5.74) is 5.04. The van der Waals surface area contributed by atoms with E-state index in [2.05, 4.69) is 17.9 Å². The SMILES string of the molecule is NC(=O)[C@H]1NCCC1S. The smallest absolute Gasteiger partial charge is 0.235 e. The fourth-order valence-corrected chi connectivity index (χ4v) is 1.36. The van der Waals surface area contributed by atoms with Crippen molar-refractivity contribution in [3.8, 4) is 0 Å².